The molecular formula is C15H22N2S. The molecule has 1 aliphatic carbocycles. The quantitative estimate of drug-likeness (QED) is 0.793. The van der Waals surface area contributed by atoms with Crippen molar-refractivity contribution in [2.45, 2.75) is 39.2 Å². The van der Waals surface area contributed by atoms with Crippen LogP contribution in [0.4, 0.5) is 5.69 Å². The smallest absolute Gasteiger partial charge is 0.171 e. The van der Waals surface area contributed by atoms with E-state index in [1.807, 2.05) is 30.3 Å². The predicted octanol–water partition coefficient (Wildman–Crippen LogP) is 3.80. The Hall–Kier alpha value is -1.09. The molecule has 0 aliphatic heterocycles. The van der Waals surface area contributed by atoms with Crippen LogP contribution in [-0.4, -0.2) is 11.2 Å². The van der Waals surface area contributed by atoms with Crippen LogP contribution in [-0.2, 0) is 0 Å². The molecule has 3 atom stereocenters. The predicted molar refractivity (Wildman–Crippen MR) is 81.8 cm³/mol. The second-order valence-electron chi connectivity index (χ2n) is 5.34. The Balaban J connectivity index is 1.87. The van der Waals surface area contributed by atoms with Crippen molar-refractivity contribution in [2.75, 3.05) is 5.32 Å². The van der Waals surface area contributed by atoms with E-state index >= 15 is 0 Å². The summed E-state index contributed by atoms with van der Waals surface area (Å²) in [5.74, 6) is 1.48. The van der Waals surface area contributed by atoms with E-state index in [2.05, 4.69) is 24.5 Å². The van der Waals surface area contributed by atoms with Gasteiger partial charge >= 0.3 is 0 Å². The van der Waals surface area contributed by atoms with E-state index in [0.29, 0.717) is 12.0 Å². The van der Waals surface area contributed by atoms with E-state index in [0.717, 1.165) is 16.7 Å². The SMILES string of the molecule is C[C@@H]1[C@H](C)CCC[C@H]1NC(=S)Nc1ccccc1. The minimum Gasteiger partial charge on any atom is -0.359 e. The van der Waals surface area contributed by atoms with Crippen molar-refractivity contribution in [3.05, 3.63) is 30.3 Å². The molecule has 0 heterocycles. The molecule has 0 radical (unpaired) electrons. The summed E-state index contributed by atoms with van der Waals surface area (Å²) in [6, 6.07) is 10.6. The Morgan fingerprint density at radius 1 is 1.17 bits per heavy atom. The molecule has 2 rings (SSSR count). The molecule has 1 saturated carbocycles. The minimum atomic E-state index is 0.512. The second kappa shape index (κ2) is 6.19. The molecule has 2 nitrogen and oxygen atoms in total. The number of para-hydroxylation sites is 1. The molecular weight excluding hydrogens is 240 g/mol. The van der Waals surface area contributed by atoms with E-state index < -0.39 is 0 Å². The molecule has 1 aliphatic rings. The van der Waals surface area contributed by atoms with Gasteiger partial charge in [-0.05, 0) is 42.6 Å². The van der Waals surface area contributed by atoms with Crippen LogP contribution in [0.3, 0.4) is 0 Å². The normalized spacial score (nSPS) is 27.6. The lowest BCUT2D eigenvalue weighted by Crippen LogP contribution is -2.45. The second-order valence-corrected chi connectivity index (χ2v) is 5.75. The average molecular weight is 262 g/mol. The number of thiocarbonyl (C=S) groups is 1. The Bertz CT molecular complexity index is 391. The monoisotopic (exact) mass is 262 g/mol. The lowest BCUT2D eigenvalue weighted by Gasteiger charge is -2.35. The first-order valence-corrected chi connectivity index (χ1v) is 7.20. The van der Waals surface area contributed by atoms with Gasteiger partial charge in [-0.2, -0.15) is 0 Å². The van der Waals surface area contributed by atoms with Crippen molar-refractivity contribution in [1.82, 2.24) is 5.32 Å². The highest BCUT2D eigenvalue weighted by atomic mass is 32.1. The van der Waals surface area contributed by atoms with Crippen molar-refractivity contribution >= 4 is 23.0 Å². The molecule has 1 fully saturated rings. The van der Waals surface area contributed by atoms with Crippen LogP contribution in [0.1, 0.15) is 33.1 Å². The largest absolute Gasteiger partial charge is 0.359 e. The number of hydrogen-bond donors (Lipinski definition) is 2. The van der Waals surface area contributed by atoms with Gasteiger partial charge in [0.25, 0.3) is 0 Å². The van der Waals surface area contributed by atoms with Crippen molar-refractivity contribution in [1.29, 1.82) is 0 Å². The molecule has 0 amide bonds. The van der Waals surface area contributed by atoms with Gasteiger partial charge in [0, 0.05) is 11.7 Å². The highest BCUT2D eigenvalue weighted by Crippen LogP contribution is 2.29. The van der Waals surface area contributed by atoms with Gasteiger partial charge in [-0.15, -0.1) is 0 Å². The zero-order chi connectivity index (χ0) is 13.0. The van der Waals surface area contributed by atoms with Crippen LogP contribution in [0.15, 0.2) is 30.3 Å². The van der Waals surface area contributed by atoms with Crippen molar-refractivity contribution in [2.24, 2.45) is 11.8 Å². The summed E-state index contributed by atoms with van der Waals surface area (Å²) in [4.78, 5) is 0. The maximum atomic E-state index is 5.39. The van der Waals surface area contributed by atoms with Gasteiger partial charge in [0.1, 0.15) is 0 Å². The Morgan fingerprint density at radius 2 is 1.89 bits per heavy atom. The number of nitrogens with one attached hydrogen (secondary N) is 2. The first-order valence-electron chi connectivity index (χ1n) is 6.79. The highest BCUT2D eigenvalue weighted by molar-refractivity contribution is 7.80. The molecule has 0 bridgehead atoms. The molecule has 3 heteroatoms. The molecule has 0 aromatic heterocycles. The molecule has 1 aromatic carbocycles. The maximum Gasteiger partial charge on any atom is 0.171 e. The fraction of sp³-hybridized carbons (Fsp3) is 0.533. The first-order chi connectivity index (χ1) is 8.66. The van der Waals surface area contributed by atoms with Gasteiger partial charge in [-0.1, -0.05) is 44.9 Å². The molecule has 98 valence electrons. The van der Waals surface area contributed by atoms with Gasteiger partial charge in [0.2, 0.25) is 0 Å². The summed E-state index contributed by atoms with van der Waals surface area (Å²) < 4.78 is 0. The maximum absolute atomic E-state index is 5.39. The summed E-state index contributed by atoms with van der Waals surface area (Å²) >= 11 is 5.39. The third kappa shape index (κ3) is 3.45. The summed E-state index contributed by atoms with van der Waals surface area (Å²) in [6.07, 6.45) is 3.87. The van der Waals surface area contributed by atoms with Crippen molar-refractivity contribution in [3.63, 3.8) is 0 Å². The van der Waals surface area contributed by atoms with Gasteiger partial charge in [-0.25, -0.2) is 0 Å². The van der Waals surface area contributed by atoms with Crippen LogP contribution in [0.2, 0.25) is 0 Å². The van der Waals surface area contributed by atoms with Gasteiger partial charge in [0.15, 0.2) is 5.11 Å². The topological polar surface area (TPSA) is 24.1 Å². The lowest BCUT2D eigenvalue weighted by molar-refractivity contribution is 0.225. The summed E-state index contributed by atoms with van der Waals surface area (Å²) in [5, 5.41) is 7.46. The number of anilines is 1. The molecule has 0 spiro atoms. The van der Waals surface area contributed by atoms with Gasteiger partial charge < -0.3 is 10.6 Å². The van der Waals surface area contributed by atoms with Crippen molar-refractivity contribution in [3.8, 4) is 0 Å². The molecule has 0 saturated heterocycles. The number of hydrogen-bond acceptors (Lipinski definition) is 1. The standard InChI is InChI=1S/C15H22N2S/c1-11-7-6-10-14(12(11)2)17-15(18)16-13-8-4-3-5-9-13/h3-5,8-9,11-12,14H,6-7,10H2,1-2H3,(H2,16,17,18)/t11-,12-,14-/m1/s1. The van der Waals surface area contributed by atoms with Crippen LogP contribution in [0, 0.1) is 11.8 Å². The minimum absolute atomic E-state index is 0.512. The zero-order valence-electron chi connectivity index (χ0n) is 11.1. The zero-order valence-corrected chi connectivity index (χ0v) is 12.0. The fourth-order valence-corrected chi connectivity index (χ4v) is 2.91. The number of benzene rings is 1. The molecule has 18 heavy (non-hydrogen) atoms. The van der Waals surface area contributed by atoms with E-state index in [4.69, 9.17) is 12.2 Å². The number of rotatable bonds is 2. The Morgan fingerprint density at radius 3 is 2.61 bits per heavy atom. The lowest BCUT2D eigenvalue weighted by atomic mass is 9.78. The molecule has 2 N–H and O–H groups in total. The summed E-state index contributed by atoms with van der Waals surface area (Å²) in [6.45, 7) is 4.67. The van der Waals surface area contributed by atoms with E-state index in [-0.39, 0.29) is 0 Å². The highest BCUT2D eigenvalue weighted by Gasteiger charge is 2.27. The first kappa shape index (κ1) is 13.3. The summed E-state index contributed by atoms with van der Waals surface area (Å²) in [5.41, 5.74) is 1.05. The third-order valence-corrected chi connectivity index (χ3v) is 4.27. The Kier molecular flexibility index (Phi) is 4.59. The third-order valence-electron chi connectivity index (χ3n) is 4.05. The Labute approximate surface area is 115 Å². The van der Waals surface area contributed by atoms with E-state index in [1.54, 1.807) is 0 Å². The van der Waals surface area contributed by atoms with Crippen LogP contribution in [0.25, 0.3) is 0 Å². The van der Waals surface area contributed by atoms with Crippen LogP contribution < -0.4 is 10.6 Å². The van der Waals surface area contributed by atoms with Gasteiger partial charge in [-0.3, -0.25) is 0 Å². The average Bonchev–Trinajstić information content (AvgIpc) is 2.36. The fourth-order valence-electron chi connectivity index (χ4n) is 2.64. The van der Waals surface area contributed by atoms with E-state index in [9.17, 15) is 0 Å². The molecule has 1 aromatic rings. The van der Waals surface area contributed by atoms with Crippen LogP contribution >= 0.6 is 12.2 Å². The van der Waals surface area contributed by atoms with Gasteiger partial charge in [0.05, 0.1) is 0 Å². The summed E-state index contributed by atoms with van der Waals surface area (Å²) in [7, 11) is 0. The van der Waals surface area contributed by atoms with E-state index in [1.165, 1.54) is 19.3 Å². The van der Waals surface area contributed by atoms with Crippen molar-refractivity contribution < 1.29 is 0 Å². The molecule has 0 unspecified atom stereocenters. The van der Waals surface area contributed by atoms with Crippen LogP contribution in [0.5, 0.6) is 0 Å².